The number of nitro groups is 1. The molecule has 1 atom stereocenters. The average Bonchev–Trinajstić information content (AvgIpc) is 2.27. The Kier molecular flexibility index (Phi) is 5.22. The highest BCUT2D eigenvalue weighted by molar-refractivity contribution is 5.43. The van der Waals surface area contributed by atoms with Gasteiger partial charge in [-0.15, -0.1) is 0 Å². The molecular formula is C13H21N3O2. The zero-order valence-corrected chi connectivity index (χ0v) is 11.4. The predicted molar refractivity (Wildman–Crippen MR) is 71.6 cm³/mol. The summed E-state index contributed by atoms with van der Waals surface area (Å²) in [5, 5.41) is 14.3. The van der Waals surface area contributed by atoms with Gasteiger partial charge in [-0.2, -0.15) is 0 Å². The van der Waals surface area contributed by atoms with Crippen LogP contribution >= 0.6 is 0 Å². The van der Waals surface area contributed by atoms with Crippen LogP contribution in [0.15, 0.2) is 12.3 Å². The largest absolute Gasteiger partial charge is 0.317 e. The molecule has 0 amide bonds. The minimum atomic E-state index is -0.334. The zero-order chi connectivity index (χ0) is 13.7. The lowest BCUT2D eigenvalue weighted by molar-refractivity contribution is -0.386. The summed E-state index contributed by atoms with van der Waals surface area (Å²) in [6, 6.07) is 1.90. The van der Waals surface area contributed by atoms with E-state index in [0.29, 0.717) is 23.6 Å². The van der Waals surface area contributed by atoms with Gasteiger partial charge in [0.25, 0.3) is 5.69 Å². The van der Waals surface area contributed by atoms with Crippen LogP contribution in [0.2, 0.25) is 0 Å². The first kappa shape index (κ1) is 14.6. The number of aryl methyl sites for hydroxylation is 1. The van der Waals surface area contributed by atoms with E-state index in [4.69, 9.17) is 0 Å². The van der Waals surface area contributed by atoms with Crippen molar-refractivity contribution in [3.8, 4) is 0 Å². The number of hydrogen-bond donors (Lipinski definition) is 1. The maximum atomic E-state index is 11.1. The van der Waals surface area contributed by atoms with Crippen molar-refractivity contribution in [3.05, 3.63) is 33.6 Å². The minimum absolute atomic E-state index is 0.154. The second-order valence-corrected chi connectivity index (χ2v) is 5.00. The summed E-state index contributed by atoms with van der Waals surface area (Å²) in [5.74, 6) is 0.548. The van der Waals surface area contributed by atoms with Crippen LogP contribution in [0.1, 0.15) is 31.5 Å². The molecule has 100 valence electrons. The molecule has 0 aliphatic rings. The number of likely N-dealkylation sites (N-methyl/N-ethyl adjacent to an activating group) is 1. The Morgan fingerprint density at radius 2 is 2.17 bits per heavy atom. The summed E-state index contributed by atoms with van der Waals surface area (Å²) in [6.07, 6.45) is 3.20. The summed E-state index contributed by atoms with van der Waals surface area (Å²) in [7, 11) is 1.88. The van der Waals surface area contributed by atoms with Crippen molar-refractivity contribution in [1.82, 2.24) is 10.3 Å². The van der Waals surface area contributed by atoms with E-state index >= 15 is 0 Å². The Morgan fingerprint density at radius 3 is 2.67 bits per heavy atom. The molecule has 0 bridgehead atoms. The highest BCUT2D eigenvalue weighted by Crippen LogP contribution is 2.23. The fourth-order valence-electron chi connectivity index (χ4n) is 2.11. The van der Waals surface area contributed by atoms with E-state index in [1.807, 2.05) is 7.05 Å². The lowest BCUT2D eigenvalue weighted by atomic mass is 9.98. The van der Waals surface area contributed by atoms with Crippen LogP contribution < -0.4 is 5.32 Å². The van der Waals surface area contributed by atoms with Crippen LogP contribution in [0, 0.1) is 23.0 Å². The standard InChI is InChI=1S/C13H21N3O2/c1-9(2)7-11(14-4)8-12-13(16(17)18)10(3)5-6-15-12/h5-6,9,11,14H,7-8H2,1-4H3. The molecule has 1 heterocycles. The van der Waals surface area contributed by atoms with Gasteiger partial charge in [-0.25, -0.2) is 0 Å². The SMILES string of the molecule is CNC(Cc1nccc(C)c1[N+](=O)[O-])CC(C)C. The van der Waals surface area contributed by atoms with Gasteiger partial charge < -0.3 is 5.32 Å². The number of hydrogen-bond acceptors (Lipinski definition) is 4. The van der Waals surface area contributed by atoms with Crippen LogP contribution in [0.25, 0.3) is 0 Å². The molecule has 1 aromatic rings. The van der Waals surface area contributed by atoms with E-state index in [0.717, 1.165) is 6.42 Å². The number of pyridine rings is 1. The van der Waals surface area contributed by atoms with Crippen LogP contribution in [0.5, 0.6) is 0 Å². The molecule has 5 heteroatoms. The Bertz CT molecular complexity index is 419. The fourth-order valence-corrected chi connectivity index (χ4v) is 2.11. The van der Waals surface area contributed by atoms with E-state index in [1.165, 1.54) is 0 Å². The van der Waals surface area contributed by atoms with Crippen molar-refractivity contribution < 1.29 is 4.92 Å². The van der Waals surface area contributed by atoms with Crippen LogP contribution in [0.4, 0.5) is 5.69 Å². The molecule has 0 aromatic carbocycles. The van der Waals surface area contributed by atoms with Crippen molar-refractivity contribution in [2.45, 2.75) is 39.7 Å². The molecule has 0 saturated heterocycles. The Hall–Kier alpha value is -1.49. The summed E-state index contributed by atoms with van der Waals surface area (Å²) in [6.45, 7) is 6.03. The molecule has 1 aromatic heterocycles. The van der Waals surface area contributed by atoms with Gasteiger partial charge in [0.05, 0.1) is 4.92 Å². The first-order valence-corrected chi connectivity index (χ1v) is 6.21. The molecule has 0 radical (unpaired) electrons. The normalized spacial score (nSPS) is 12.7. The van der Waals surface area contributed by atoms with E-state index in [9.17, 15) is 10.1 Å². The molecule has 18 heavy (non-hydrogen) atoms. The smallest absolute Gasteiger partial charge is 0.293 e. The molecule has 5 nitrogen and oxygen atoms in total. The molecule has 0 saturated carbocycles. The quantitative estimate of drug-likeness (QED) is 0.623. The van der Waals surface area contributed by atoms with Gasteiger partial charge in [-0.1, -0.05) is 13.8 Å². The van der Waals surface area contributed by atoms with E-state index in [1.54, 1.807) is 19.2 Å². The summed E-state index contributed by atoms with van der Waals surface area (Å²) in [5.41, 5.74) is 1.39. The molecular weight excluding hydrogens is 230 g/mol. The van der Waals surface area contributed by atoms with Gasteiger partial charge in [0.2, 0.25) is 0 Å². The van der Waals surface area contributed by atoms with Gasteiger partial charge in [-0.3, -0.25) is 15.1 Å². The first-order chi connectivity index (χ1) is 8.45. The van der Waals surface area contributed by atoms with Crippen molar-refractivity contribution in [2.24, 2.45) is 5.92 Å². The van der Waals surface area contributed by atoms with E-state index in [-0.39, 0.29) is 16.7 Å². The molecule has 1 unspecified atom stereocenters. The maximum Gasteiger partial charge on any atom is 0.293 e. The third-order valence-corrected chi connectivity index (χ3v) is 2.99. The maximum absolute atomic E-state index is 11.1. The van der Waals surface area contributed by atoms with Crippen LogP contribution in [-0.2, 0) is 6.42 Å². The van der Waals surface area contributed by atoms with Crippen LogP contribution in [-0.4, -0.2) is 23.0 Å². The number of nitrogens with zero attached hydrogens (tertiary/aromatic N) is 2. The predicted octanol–water partition coefficient (Wildman–Crippen LogP) is 2.47. The molecule has 0 spiro atoms. The number of aromatic nitrogens is 1. The summed E-state index contributed by atoms with van der Waals surface area (Å²) in [4.78, 5) is 14.9. The van der Waals surface area contributed by atoms with Crippen molar-refractivity contribution in [3.63, 3.8) is 0 Å². The summed E-state index contributed by atoms with van der Waals surface area (Å²) < 4.78 is 0. The van der Waals surface area contributed by atoms with Crippen molar-refractivity contribution >= 4 is 5.69 Å². The first-order valence-electron chi connectivity index (χ1n) is 6.21. The Labute approximate surface area is 108 Å². The average molecular weight is 251 g/mol. The molecule has 0 aliphatic heterocycles. The molecule has 1 rings (SSSR count). The lowest BCUT2D eigenvalue weighted by Gasteiger charge is -2.18. The van der Waals surface area contributed by atoms with Gasteiger partial charge in [0.15, 0.2) is 0 Å². The highest BCUT2D eigenvalue weighted by Gasteiger charge is 2.21. The second-order valence-electron chi connectivity index (χ2n) is 5.00. The molecule has 1 N–H and O–H groups in total. The fraction of sp³-hybridized carbons (Fsp3) is 0.615. The minimum Gasteiger partial charge on any atom is -0.317 e. The van der Waals surface area contributed by atoms with Gasteiger partial charge in [0, 0.05) is 24.2 Å². The van der Waals surface area contributed by atoms with E-state index in [2.05, 4.69) is 24.1 Å². The summed E-state index contributed by atoms with van der Waals surface area (Å²) >= 11 is 0. The molecule has 0 fully saturated rings. The lowest BCUT2D eigenvalue weighted by Crippen LogP contribution is -2.29. The highest BCUT2D eigenvalue weighted by atomic mass is 16.6. The zero-order valence-electron chi connectivity index (χ0n) is 11.4. The Morgan fingerprint density at radius 1 is 1.50 bits per heavy atom. The van der Waals surface area contributed by atoms with Crippen molar-refractivity contribution in [2.75, 3.05) is 7.05 Å². The number of nitrogens with one attached hydrogen (secondary N) is 1. The van der Waals surface area contributed by atoms with Gasteiger partial charge in [-0.05, 0) is 32.4 Å². The number of rotatable bonds is 6. The van der Waals surface area contributed by atoms with Crippen molar-refractivity contribution in [1.29, 1.82) is 0 Å². The third kappa shape index (κ3) is 3.77. The second kappa shape index (κ2) is 6.44. The van der Waals surface area contributed by atoms with Crippen LogP contribution in [0.3, 0.4) is 0 Å². The van der Waals surface area contributed by atoms with Gasteiger partial charge in [0.1, 0.15) is 5.69 Å². The topological polar surface area (TPSA) is 68.1 Å². The monoisotopic (exact) mass is 251 g/mol. The molecule has 0 aliphatic carbocycles. The Balaban J connectivity index is 2.95. The third-order valence-electron chi connectivity index (χ3n) is 2.99. The van der Waals surface area contributed by atoms with E-state index < -0.39 is 0 Å². The van der Waals surface area contributed by atoms with Gasteiger partial charge >= 0.3 is 0 Å².